The Morgan fingerprint density at radius 1 is 0.474 bits per heavy atom. The topological polar surface area (TPSA) is 112 Å². The molecule has 0 aliphatic heterocycles. The maximum absolute atomic E-state index is 12.5. The van der Waals surface area contributed by atoms with Crippen molar-refractivity contribution in [2.75, 3.05) is 39.3 Å². The number of ether oxygens (including phenoxy) is 4. The molecule has 0 aromatic rings. The van der Waals surface area contributed by atoms with Gasteiger partial charge in [-0.15, -0.1) is 0 Å². The van der Waals surface area contributed by atoms with Gasteiger partial charge in [0.05, 0.1) is 26.2 Å². The maximum atomic E-state index is 12.5. The van der Waals surface area contributed by atoms with Gasteiger partial charge in [0.25, 0.3) is 0 Å². The van der Waals surface area contributed by atoms with E-state index in [2.05, 4.69) is 0 Å². The average molecular weight is 545 g/mol. The van der Waals surface area contributed by atoms with Gasteiger partial charge in [-0.2, -0.15) is 0 Å². The number of carbonyl (C=O) groups excluding carboxylic acids is 4. The summed E-state index contributed by atoms with van der Waals surface area (Å²) in [5, 5.41) is 0. The van der Waals surface area contributed by atoms with Crippen molar-refractivity contribution in [2.45, 2.75) is 112 Å². The summed E-state index contributed by atoms with van der Waals surface area (Å²) >= 11 is 0. The summed E-state index contributed by atoms with van der Waals surface area (Å²) in [6, 6.07) is 0. The predicted octanol–water partition coefficient (Wildman–Crippen LogP) is 3.59. The molecule has 0 aromatic carbocycles. The van der Waals surface area contributed by atoms with Gasteiger partial charge < -0.3 is 18.9 Å². The van der Waals surface area contributed by atoms with E-state index in [1.165, 1.54) is 0 Å². The Kier molecular flexibility index (Phi) is 13.4. The molecule has 0 aliphatic rings. The summed E-state index contributed by atoms with van der Waals surface area (Å²) in [5.41, 5.74) is -2.67. The normalized spacial score (nSPS) is 13.1. The molecule has 0 saturated heterocycles. The summed E-state index contributed by atoms with van der Waals surface area (Å²) in [4.78, 5) is 53.5. The van der Waals surface area contributed by atoms with Crippen LogP contribution in [-0.4, -0.2) is 95.3 Å². The zero-order valence-corrected chi connectivity index (χ0v) is 26.0. The lowest BCUT2D eigenvalue weighted by molar-refractivity contribution is -0.161. The quantitative estimate of drug-likeness (QED) is 0.267. The Labute approximate surface area is 229 Å². The third-order valence-electron chi connectivity index (χ3n) is 4.23. The zero-order chi connectivity index (χ0) is 30.1. The SMILES string of the molecule is CC(CN(CC(=O)OC(C)(C)C)CC(=O)OC(C)(C)C)CN(CC(=O)OC(C)(C)C)CC(=O)OC(C)(C)C. The van der Waals surface area contributed by atoms with Crippen molar-refractivity contribution in [1.29, 1.82) is 0 Å². The fourth-order valence-electron chi connectivity index (χ4n) is 3.53. The minimum absolute atomic E-state index is 0.112. The second-order valence-electron chi connectivity index (χ2n) is 13.8. The number of nitrogens with zero attached hydrogens (tertiary/aromatic N) is 2. The van der Waals surface area contributed by atoms with Crippen LogP contribution >= 0.6 is 0 Å². The molecule has 0 spiro atoms. The summed E-state index contributed by atoms with van der Waals surface area (Å²) in [6.45, 7) is 23.4. The molecule has 38 heavy (non-hydrogen) atoms. The lowest BCUT2D eigenvalue weighted by atomic mass is 10.1. The molecule has 0 unspecified atom stereocenters. The number of hydrogen-bond acceptors (Lipinski definition) is 10. The van der Waals surface area contributed by atoms with Crippen molar-refractivity contribution in [3.63, 3.8) is 0 Å². The Balaban J connectivity index is 5.60. The molecule has 0 aromatic heterocycles. The summed E-state index contributed by atoms with van der Waals surface area (Å²) < 4.78 is 21.8. The first-order valence-electron chi connectivity index (χ1n) is 13.2. The van der Waals surface area contributed by atoms with Gasteiger partial charge in [0.15, 0.2) is 0 Å². The van der Waals surface area contributed by atoms with Crippen LogP contribution in [0.25, 0.3) is 0 Å². The van der Waals surface area contributed by atoms with E-state index in [-0.39, 0.29) is 32.1 Å². The summed E-state index contributed by atoms with van der Waals surface area (Å²) in [6.07, 6.45) is 0. The maximum Gasteiger partial charge on any atom is 0.320 e. The second kappa shape index (κ2) is 14.3. The van der Waals surface area contributed by atoms with Crippen LogP contribution in [0.15, 0.2) is 0 Å². The van der Waals surface area contributed by atoms with Crippen molar-refractivity contribution >= 4 is 23.9 Å². The Hall–Kier alpha value is -2.20. The van der Waals surface area contributed by atoms with Crippen LogP contribution in [0.2, 0.25) is 0 Å². The highest BCUT2D eigenvalue weighted by molar-refractivity contribution is 5.76. The average Bonchev–Trinajstić information content (AvgIpc) is 2.53. The van der Waals surface area contributed by atoms with E-state index in [4.69, 9.17) is 18.9 Å². The summed E-state index contributed by atoms with van der Waals surface area (Å²) in [5.74, 6) is -2.01. The van der Waals surface area contributed by atoms with Crippen LogP contribution in [-0.2, 0) is 38.1 Å². The van der Waals surface area contributed by atoms with Gasteiger partial charge in [-0.3, -0.25) is 29.0 Å². The van der Waals surface area contributed by atoms with E-state index >= 15 is 0 Å². The second-order valence-corrected chi connectivity index (χ2v) is 13.8. The monoisotopic (exact) mass is 544 g/mol. The number of esters is 4. The van der Waals surface area contributed by atoms with Crippen LogP contribution in [0.3, 0.4) is 0 Å². The first-order valence-corrected chi connectivity index (χ1v) is 13.2. The predicted molar refractivity (Wildman–Crippen MR) is 145 cm³/mol. The van der Waals surface area contributed by atoms with Gasteiger partial charge in [0.1, 0.15) is 22.4 Å². The van der Waals surface area contributed by atoms with E-state index in [1.807, 2.05) is 6.92 Å². The molecule has 0 atom stereocenters. The molecule has 222 valence electrons. The molecular formula is C28H52N2O8. The van der Waals surface area contributed by atoms with Crippen LogP contribution in [0, 0.1) is 5.92 Å². The molecule has 0 bridgehead atoms. The van der Waals surface area contributed by atoms with E-state index < -0.39 is 46.3 Å². The largest absolute Gasteiger partial charge is 0.459 e. The molecule has 0 fully saturated rings. The van der Waals surface area contributed by atoms with Crippen molar-refractivity contribution in [3.05, 3.63) is 0 Å². The van der Waals surface area contributed by atoms with E-state index in [9.17, 15) is 19.2 Å². The lowest BCUT2D eigenvalue weighted by Gasteiger charge is -2.31. The smallest absolute Gasteiger partial charge is 0.320 e. The van der Waals surface area contributed by atoms with Crippen LogP contribution in [0.4, 0.5) is 0 Å². The minimum Gasteiger partial charge on any atom is -0.459 e. The molecule has 10 heteroatoms. The molecule has 0 rings (SSSR count). The lowest BCUT2D eigenvalue weighted by Crippen LogP contribution is -2.45. The minimum atomic E-state index is -0.669. The van der Waals surface area contributed by atoms with Crippen molar-refractivity contribution in [1.82, 2.24) is 9.80 Å². The van der Waals surface area contributed by atoms with Gasteiger partial charge in [0.2, 0.25) is 0 Å². The Morgan fingerprint density at radius 2 is 0.658 bits per heavy atom. The molecule has 0 saturated carbocycles. The third-order valence-corrected chi connectivity index (χ3v) is 4.23. The summed E-state index contributed by atoms with van der Waals surface area (Å²) in [7, 11) is 0. The first-order chi connectivity index (χ1) is 16.8. The standard InChI is InChI=1S/C28H52N2O8/c1-20(14-29(16-21(31)35-25(2,3)4)17-22(32)36-26(5,6)7)15-30(18-23(33)37-27(8,9)10)19-24(34)38-28(11,12)13/h20H,14-19H2,1-13H3. The van der Waals surface area contributed by atoms with Gasteiger partial charge in [-0.1, -0.05) is 6.92 Å². The van der Waals surface area contributed by atoms with Gasteiger partial charge >= 0.3 is 23.9 Å². The van der Waals surface area contributed by atoms with Crippen LogP contribution in [0.5, 0.6) is 0 Å². The van der Waals surface area contributed by atoms with Crippen LogP contribution in [0.1, 0.15) is 90.0 Å². The fraction of sp³-hybridized carbons (Fsp3) is 0.857. The first kappa shape index (κ1) is 35.8. The Bertz CT molecular complexity index is 672. The van der Waals surface area contributed by atoms with E-state index in [1.54, 1.807) is 92.9 Å². The van der Waals surface area contributed by atoms with E-state index in [0.29, 0.717) is 13.1 Å². The van der Waals surface area contributed by atoms with E-state index in [0.717, 1.165) is 0 Å². The van der Waals surface area contributed by atoms with Gasteiger partial charge in [0, 0.05) is 13.1 Å². The highest BCUT2D eigenvalue weighted by Crippen LogP contribution is 2.14. The van der Waals surface area contributed by atoms with Crippen molar-refractivity contribution in [2.24, 2.45) is 5.92 Å². The molecule has 10 nitrogen and oxygen atoms in total. The third kappa shape index (κ3) is 20.8. The highest BCUT2D eigenvalue weighted by atomic mass is 16.6. The molecule has 0 heterocycles. The molecule has 0 aliphatic carbocycles. The van der Waals surface area contributed by atoms with Gasteiger partial charge in [-0.05, 0) is 89.0 Å². The van der Waals surface area contributed by atoms with Crippen molar-refractivity contribution in [3.8, 4) is 0 Å². The molecule has 0 radical (unpaired) electrons. The molecular weight excluding hydrogens is 492 g/mol. The van der Waals surface area contributed by atoms with Crippen molar-refractivity contribution < 1.29 is 38.1 Å². The number of carbonyl (C=O) groups is 4. The van der Waals surface area contributed by atoms with Gasteiger partial charge in [-0.25, -0.2) is 0 Å². The number of rotatable bonds is 12. The van der Waals surface area contributed by atoms with Crippen LogP contribution < -0.4 is 0 Å². The Morgan fingerprint density at radius 3 is 0.816 bits per heavy atom. The molecule has 0 amide bonds. The zero-order valence-electron chi connectivity index (χ0n) is 26.0. The number of hydrogen-bond donors (Lipinski definition) is 0. The highest BCUT2D eigenvalue weighted by Gasteiger charge is 2.28. The molecule has 0 N–H and O–H groups in total. The fourth-order valence-corrected chi connectivity index (χ4v) is 3.53.